The molecule has 0 aliphatic carbocycles. The molecule has 2 aromatic rings. The summed E-state index contributed by atoms with van der Waals surface area (Å²) in [4.78, 5) is 18.2. The van der Waals surface area contributed by atoms with Crippen molar-refractivity contribution in [3.8, 4) is 0 Å². The quantitative estimate of drug-likeness (QED) is 0.865. The molecule has 0 aliphatic heterocycles. The van der Waals surface area contributed by atoms with Gasteiger partial charge in [-0.2, -0.15) is 0 Å². The lowest BCUT2D eigenvalue weighted by Crippen LogP contribution is -2.26. The molecule has 3 nitrogen and oxygen atoms in total. The average molecular weight is 325 g/mol. The van der Waals surface area contributed by atoms with Gasteiger partial charge < -0.3 is 4.90 Å². The number of hydrogen-bond donors (Lipinski definition) is 0. The molecule has 1 aromatic carbocycles. The van der Waals surface area contributed by atoms with Gasteiger partial charge in [0, 0.05) is 22.5 Å². The molecule has 0 radical (unpaired) electrons. The molecular weight excluding hydrogens is 312 g/mol. The van der Waals surface area contributed by atoms with Crippen molar-refractivity contribution in [3.05, 3.63) is 50.4 Å². The number of benzene rings is 1. The second kappa shape index (κ2) is 5.63. The molecule has 0 N–H and O–H groups in total. The molecule has 0 atom stereocenters. The zero-order valence-electron chi connectivity index (χ0n) is 10.2. The zero-order chi connectivity index (χ0) is 13.1. The first-order chi connectivity index (χ1) is 8.56. The van der Waals surface area contributed by atoms with Gasteiger partial charge in [-0.1, -0.05) is 22.0 Å². The van der Waals surface area contributed by atoms with Crippen LogP contribution in [0.1, 0.15) is 21.1 Å². The first-order valence-electron chi connectivity index (χ1n) is 5.48. The molecule has 0 aliphatic rings. The third-order valence-corrected chi connectivity index (χ3v) is 3.80. The monoisotopic (exact) mass is 324 g/mol. The topological polar surface area (TPSA) is 33.2 Å². The van der Waals surface area contributed by atoms with E-state index >= 15 is 0 Å². The van der Waals surface area contributed by atoms with Crippen LogP contribution in [0.5, 0.6) is 0 Å². The number of carbonyl (C=O) groups excluding carboxylic acids is 1. The van der Waals surface area contributed by atoms with Crippen molar-refractivity contribution in [2.75, 3.05) is 7.05 Å². The molecule has 0 bridgehead atoms. The van der Waals surface area contributed by atoms with Crippen molar-refractivity contribution in [1.29, 1.82) is 0 Å². The summed E-state index contributed by atoms with van der Waals surface area (Å²) in [5.41, 5.74) is 1.61. The van der Waals surface area contributed by atoms with Gasteiger partial charge in [0.15, 0.2) is 0 Å². The number of hydrogen-bond acceptors (Lipinski definition) is 3. The maximum Gasteiger partial charge on any atom is 0.253 e. The van der Waals surface area contributed by atoms with Gasteiger partial charge >= 0.3 is 0 Å². The normalized spacial score (nSPS) is 10.4. The minimum atomic E-state index is 0.00181. The summed E-state index contributed by atoms with van der Waals surface area (Å²) in [5.74, 6) is 0.00181. The number of aromatic nitrogens is 1. The van der Waals surface area contributed by atoms with Crippen LogP contribution in [-0.4, -0.2) is 22.8 Å². The summed E-state index contributed by atoms with van der Waals surface area (Å²) in [6.45, 7) is 2.50. The molecule has 0 saturated carbocycles. The molecule has 0 unspecified atom stereocenters. The first-order valence-corrected chi connectivity index (χ1v) is 7.15. The minimum absolute atomic E-state index is 0.00181. The summed E-state index contributed by atoms with van der Waals surface area (Å²) < 4.78 is 0.909. The van der Waals surface area contributed by atoms with Gasteiger partial charge in [0.05, 0.1) is 17.2 Å². The highest BCUT2D eigenvalue weighted by Crippen LogP contribution is 2.15. The van der Waals surface area contributed by atoms with Crippen molar-refractivity contribution >= 4 is 33.2 Å². The van der Waals surface area contributed by atoms with E-state index in [1.165, 1.54) is 0 Å². The van der Waals surface area contributed by atoms with Crippen LogP contribution in [0.4, 0.5) is 0 Å². The van der Waals surface area contributed by atoms with E-state index < -0.39 is 0 Å². The van der Waals surface area contributed by atoms with E-state index in [0.29, 0.717) is 12.1 Å². The van der Waals surface area contributed by atoms with Crippen LogP contribution in [0.3, 0.4) is 0 Å². The van der Waals surface area contributed by atoms with Crippen LogP contribution in [0.25, 0.3) is 0 Å². The summed E-state index contributed by atoms with van der Waals surface area (Å²) in [6, 6.07) is 7.40. The van der Waals surface area contributed by atoms with Crippen molar-refractivity contribution in [2.45, 2.75) is 13.5 Å². The Morgan fingerprint density at radius 1 is 1.50 bits per heavy atom. The molecule has 94 valence electrons. The number of rotatable bonds is 3. The van der Waals surface area contributed by atoms with Gasteiger partial charge in [-0.25, -0.2) is 4.98 Å². The summed E-state index contributed by atoms with van der Waals surface area (Å²) in [5, 5.41) is 3.01. The van der Waals surface area contributed by atoms with Gasteiger partial charge in [0.25, 0.3) is 5.91 Å². The Labute approximate surface area is 119 Å². The van der Waals surface area contributed by atoms with Crippen LogP contribution < -0.4 is 0 Å². The smallest absolute Gasteiger partial charge is 0.253 e. The van der Waals surface area contributed by atoms with Crippen LogP contribution in [-0.2, 0) is 6.54 Å². The zero-order valence-corrected chi connectivity index (χ0v) is 12.6. The third kappa shape index (κ3) is 3.17. The molecular formula is C13H13BrN2OS. The van der Waals surface area contributed by atoms with E-state index in [1.807, 2.05) is 36.6 Å². The minimum Gasteiger partial charge on any atom is -0.336 e. The fraction of sp³-hybridized carbons (Fsp3) is 0.231. The van der Waals surface area contributed by atoms with E-state index in [0.717, 1.165) is 15.2 Å². The number of carbonyl (C=O) groups is 1. The highest BCUT2D eigenvalue weighted by atomic mass is 79.9. The maximum absolute atomic E-state index is 12.2. The molecule has 2 rings (SSSR count). The predicted octanol–water partition coefficient (Wildman–Crippen LogP) is 3.49. The summed E-state index contributed by atoms with van der Waals surface area (Å²) >= 11 is 4.97. The third-order valence-electron chi connectivity index (χ3n) is 2.48. The number of aryl methyl sites for hydroxylation is 1. The van der Waals surface area contributed by atoms with Crippen LogP contribution in [0.15, 0.2) is 34.1 Å². The second-order valence-electron chi connectivity index (χ2n) is 4.03. The molecule has 18 heavy (non-hydrogen) atoms. The highest BCUT2D eigenvalue weighted by molar-refractivity contribution is 9.10. The number of halogens is 1. The van der Waals surface area contributed by atoms with E-state index in [-0.39, 0.29) is 5.91 Å². The van der Waals surface area contributed by atoms with Crippen molar-refractivity contribution in [2.24, 2.45) is 0 Å². The Morgan fingerprint density at radius 3 is 2.89 bits per heavy atom. The lowest BCUT2D eigenvalue weighted by Gasteiger charge is -2.16. The van der Waals surface area contributed by atoms with Gasteiger partial charge in [-0.15, -0.1) is 11.3 Å². The number of nitrogens with zero attached hydrogens (tertiary/aromatic N) is 2. The SMILES string of the molecule is Cc1nc(CN(C)C(=O)c2cccc(Br)c2)cs1. The Hall–Kier alpha value is -1.20. The highest BCUT2D eigenvalue weighted by Gasteiger charge is 2.13. The predicted molar refractivity (Wildman–Crippen MR) is 76.8 cm³/mol. The molecule has 1 amide bonds. The Morgan fingerprint density at radius 2 is 2.28 bits per heavy atom. The van der Waals surface area contributed by atoms with Crippen molar-refractivity contribution < 1.29 is 4.79 Å². The number of amides is 1. The molecule has 0 fully saturated rings. The fourth-order valence-corrected chi connectivity index (χ4v) is 2.64. The van der Waals surface area contributed by atoms with Crippen molar-refractivity contribution in [3.63, 3.8) is 0 Å². The molecule has 0 spiro atoms. The Balaban J connectivity index is 2.09. The van der Waals surface area contributed by atoms with Crippen molar-refractivity contribution in [1.82, 2.24) is 9.88 Å². The molecule has 5 heteroatoms. The van der Waals surface area contributed by atoms with Gasteiger partial charge in [-0.05, 0) is 25.1 Å². The molecule has 0 saturated heterocycles. The number of thiazole rings is 1. The Kier molecular flexibility index (Phi) is 4.14. The second-order valence-corrected chi connectivity index (χ2v) is 6.01. The van der Waals surface area contributed by atoms with Crippen LogP contribution in [0, 0.1) is 6.92 Å². The van der Waals surface area contributed by atoms with Gasteiger partial charge in [0.2, 0.25) is 0 Å². The Bertz CT molecular complexity index is 568. The standard InChI is InChI=1S/C13H13BrN2OS/c1-9-15-12(8-18-9)7-16(2)13(17)10-4-3-5-11(14)6-10/h3-6,8H,7H2,1-2H3. The summed E-state index contributed by atoms with van der Waals surface area (Å²) in [7, 11) is 1.79. The van der Waals surface area contributed by atoms with Crippen LogP contribution >= 0.6 is 27.3 Å². The van der Waals surface area contributed by atoms with Gasteiger partial charge in [-0.3, -0.25) is 4.79 Å². The lowest BCUT2D eigenvalue weighted by atomic mass is 10.2. The lowest BCUT2D eigenvalue weighted by molar-refractivity contribution is 0.0783. The van der Waals surface area contributed by atoms with Crippen LogP contribution in [0.2, 0.25) is 0 Å². The maximum atomic E-state index is 12.2. The van der Waals surface area contributed by atoms with Gasteiger partial charge in [0.1, 0.15) is 0 Å². The van der Waals surface area contributed by atoms with E-state index in [2.05, 4.69) is 20.9 Å². The molecule has 1 heterocycles. The largest absolute Gasteiger partial charge is 0.336 e. The first kappa shape index (κ1) is 13.2. The van der Waals surface area contributed by atoms with E-state index in [1.54, 1.807) is 23.3 Å². The average Bonchev–Trinajstić information content (AvgIpc) is 2.73. The fourth-order valence-electron chi connectivity index (χ4n) is 1.64. The van der Waals surface area contributed by atoms with E-state index in [9.17, 15) is 4.79 Å². The summed E-state index contributed by atoms with van der Waals surface area (Å²) in [6.07, 6.45) is 0. The van der Waals surface area contributed by atoms with E-state index in [4.69, 9.17) is 0 Å². The molecule has 1 aromatic heterocycles.